The van der Waals surface area contributed by atoms with Crippen molar-refractivity contribution in [2.24, 2.45) is 5.73 Å². The number of aromatic nitrogens is 1. The standard InChI is InChI=1S/C9H12F2N2O/c1-6-2-3-7(4-12)9(14)13(6)5-8(10)11/h2-3,8H,4-5,12H2,1H3. The number of aryl methyl sites for hydroxylation is 1. The molecule has 1 aromatic heterocycles. The van der Waals surface area contributed by atoms with E-state index in [1.165, 1.54) is 0 Å². The quantitative estimate of drug-likeness (QED) is 0.791. The molecule has 2 N–H and O–H groups in total. The van der Waals surface area contributed by atoms with Crippen LogP contribution in [0.1, 0.15) is 11.3 Å². The van der Waals surface area contributed by atoms with Crippen LogP contribution in [-0.2, 0) is 13.1 Å². The van der Waals surface area contributed by atoms with Gasteiger partial charge in [0, 0.05) is 17.8 Å². The van der Waals surface area contributed by atoms with Crippen molar-refractivity contribution in [1.29, 1.82) is 0 Å². The largest absolute Gasteiger partial charge is 0.326 e. The number of pyridine rings is 1. The smallest absolute Gasteiger partial charge is 0.256 e. The van der Waals surface area contributed by atoms with Crippen LogP contribution in [0.4, 0.5) is 8.78 Å². The van der Waals surface area contributed by atoms with Gasteiger partial charge in [-0.25, -0.2) is 8.78 Å². The van der Waals surface area contributed by atoms with Crippen molar-refractivity contribution in [3.63, 3.8) is 0 Å². The summed E-state index contributed by atoms with van der Waals surface area (Å²) in [6.45, 7) is 1.12. The minimum Gasteiger partial charge on any atom is -0.326 e. The molecule has 0 aliphatic carbocycles. The van der Waals surface area contributed by atoms with Gasteiger partial charge in [0.05, 0.1) is 6.54 Å². The second-order valence-corrected chi connectivity index (χ2v) is 3.01. The van der Waals surface area contributed by atoms with Crippen LogP contribution in [0.15, 0.2) is 16.9 Å². The van der Waals surface area contributed by atoms with Gasteiger partial charge in [-0.1, -0.05) is 6.07 Å². The van der Waals surface area contributed by atoms with E-state index in [1.807, 2.05) is 0 Å². The van der Waals surface area contributed by atoms with Crippen molar-refractivity contribution in [2.75, 3.05) is 0 Å². The third-order valence-corrected chi connectivity index (χ3v) is 2.01. The molecule has 0 aromatic carbocycles. The number of nitrogens with two attached hydrogens (primary N) is 1. The van der Waals surface area contributed by atoms with E-state index in [4.69, 9.17) is 5.73 Å². The Labute approximate surface area is 80.2 Å². The zero-order chi connectivity index (χ0) is 10.7. The maximum Gasteiger partial charge on any atom is 0.256 e. The maximum atomic E-state index is 12.1. The zero-order valence-corrected chi connectivity index (χ0v) is 7.84. The molecule has 0 unspecified atom stereocenters. The number of hydrogen-bond acceptors (Lipinski definition) is 2. The molecule has 3 nitrogen and oxygen atoms in total. The Hall–Kier alpha value is -1.23. The monoisotopic (exact) mass is 202 g/mol. The van der Waals surface area contributed by atoms with Gasteiger partial charge in [0.2, 0.25) is 0 Å². The normalized spacial score (nSPS) is 10.9. The predicted molar refractivity (Wildman–Crippen MR) is 49.3 cm³/mol. The molecule has 0 amide bonds. The molecule has 0 atom stereocenters. The maximum absolute atomic E-state index is 12.1. The third-order valence-electron chi connectivity index (χ3n) is 2.01. The van der Waals surface area contributed by atoms with E-state index in [1.54, 1.807) is 19.1 Å². The molecular formula is C9H12F2N2O. The second-order valence-electron chi connectivity index (χ2n) is 3.01. The predicted octanol–water partition coefficient (Wildman–Crippen LogP) is 0.881. The van der Waals surface area contributed by atoms with Gasteiger partial charge < -0.3 is 10.3 Å². The molecule has 1 heterocycles. The Morgan fingerprint density at radius 1 is 1.50 bits per heavy atom. The highest BCUT2D eigenvalue weighted by Crippen LogP contribution is 2.02. The van der Waals surface area contributed by atoms with Crippen molar-refractivity contribution >= 4 is 0 Å². The number of hydrogen-bond donors (Lipinski definition) is 1. The lowest BCUT2D eigenvalue weighted by atomic mass is 10.2. The highest BCUT2D eigenvalue weighted by molar-refractivity contribution is 5.15. The summed E-state index contributed by atoms with van der Waals surface area (Å²) in [4.78, 5) is 11.5. The first-order valence-corrected chi connectivity index (χ1v) is 4.23. The number of halogens is 2. The van der Waals surface area contributed by atoms with Gasteiger partial charge in [-0.05, 0) is 13.0 Å². The van der Waals surface area contributed by atoms with Crippen LogP contribution in [-0.4, -0.2) is 11.0 Å². The fraction of sp³-hybridized carbons (Fsp3) is 0.444. The molecule has 1 aromatic rings. The van der Waals surface area contributed by atoms with Crippen LogP contribution in [0.25, 0.3) is 0 Å². The van der Waals surface area contributed by atoms with Crippen LogP contribution < -0.4 is 11.3 Å². The first-order valence-electron chi connectivity index (χ1n) is 4.23. The van der Waals surface area contributed by atoms with Gasteiger partial charge in [0.1, 0.15) is 0 Å². The van der Waals surface area contributed by atoms with E-state index in [2.05, 4.69) is 0 Å². The zero-order valence-electron chi connectivity index (χ0n) is 7.84. The van der Waals surface area contributed by atoms with Crippen molar-refractivity contribution in [2.45, 2.75) is 26.4 Å². The Morgan fingerprint density at radius 2 is 2.14 bits per heavy atom. The van der Waals surface area contributed by atoms with Gasteiger partial charge in [-0.2, -0.15) is 0 Å². The Balaban J connectivity index is 3.19. The van der Waals surface area contributed by atoms with Gasteiger partial charge in [-0.3, -0.25) is 4.79 Å². The molecular weight excluding hydrogens is 190 g/mol. The van der Waals surface area contributed by atoms with E-state index in [9.17, 15) is 13.6 Å². The van der Waals surface area contributed by atoms with Crippen LogP contribution in [0.5, 0.6) is 0 Å². The number of rotatable bonds is 3. The number of nitrogens with zero attached hydrogens (tertiary/aromatic N) is 1. The lowest BCUT2D eigenvalue weighted by Crippen LogP contribution is -2.29. The molecule has 0 saturated heterocycles. The van der Waals surface area contributed by atoms with Gasteiger partial charge >= 0.3 is 0 Å². The highest BCUT2D eigenvalue weighted by Gasteiger charge is 2.09. The first kappa shape index (κ1) is 10.8. The van der Waals surface area contributed by atoms with Crippen molar-refractivity contribution in [3.05, 3.63) is 33.7 Å². The molecule has 5 heteroatoms. The van der Waals surface area contributed by atoms with Crippen molar-refractivity contribution < 1.29 is 8.78 Å². The summed E-state index contributed by atoms with van der Waals surface area (Å²) in [7, 11) is 0. The van der Waals surface area contributed by atoms with Gasteiger partial charge in [0.25, 0.3) is 12.0 Å². The first-order chi connectivity index (χ1) is 6.56. The Morgan fingerprint density at radius 3 is 2.64 bits per heavy atom. The van der Waals surface area contributed by atoms with E-state index in [-0.39, 0.29) is 6.54 Å². The molecule has 14 heavy (non-hydrogen) atoms. The Kier molecular flexibility index (Phi) is 3.35. The third kappa shape index (κ3) is 2.17. The summed E-state index contributed by atoms with van der Waals surface area (Å²) in [6.07, 6.45) is -2.53. The summed E-state index contributed by atoms with van der Waals surface area (Å²) in [5, 5.41) is 0. The van der Waals surface area contributed by atoms with Gasteiger partial charge in [0.15, 0.2) is 0 Å². The minimum absolute atomic E-state index is 0.0718. The van der Waals surface area contributed by atoms with Crippen LogP contribution in [0.2, 0.25) is 0 Å². The molecule has 0 fully saturated rings. The van der Waals surface area contributed by atoms with Crippen LogP contribution in [0, 0.1) is 6.92 Å². The molecule has 0 saturated carbocycles. The average molecular weight is 202 g/mol. The van der Waals surface area contributed by atoms with E-state index < -0.39 is 18.5 Å². The fourth-order valence-corrected chi connectivity index (χ4v) is 1.24. The lowest BCUT2D eigenvalue weighted by molar-refractivity contribution is 0.124. The molecule has 78 valence electrons. The molecule has 1 rings (SSSR count). The summed E-state index contributed by atoms with van der Waals surface area (Å²) >= 11 is 0. The molecule has 0 aliphatic rings. The van der Waals surface area contributed by atoms with E-state index in [0.29, 0.717) is 11.3 Å². The van der Waals surface area contributed by atoms with E-state index in [0.717, 1.165) is 4.57 Å². The van der Waals surface area contributed by atoms with Gasteiger partial charge in [-0.15, -0.1) is 0 Å². The van der Waals surface area contributed by atoms with Crippen molar-refractivity contribution in [1.82, 2.24) is 4.57 Å². The summed E-state index contributed by atoms with van der Waals surface area (Å²) in [5.41, 5.74) is 5.75. The van der Waals surface area contributed by atoms with Crippen molar-refractivity contribution in [3.8, 4) is 0 Å². The molecule has 0 aliphatic heterocycles. The minimum atomic E-state index is -2.53. The SMILES string of the molecule is Cc1ccc(CN)c(=O)n1CC(F)F. The summed E-state index contributed by atoms with van der Waals surface area (Å²) < 4.78 is 25.3. The molecule has 0 bridgehead atoms. The summed E-state index contributed by atoms with van der Waals surface area (Å²) in [6, 6.07) is 3.19. The highest BCUT2D eigenvalue weighted by atomic mass is 19.3. The fourth-order valence-electron chi connectivity index (χ4n) is 1.24. The molecule has 0 spiro atoms. The van der Waals surface area contributed by atoms with Crippen LogP contribution >= 0.6 is 0 Å². The Bertz CT molecular complexity index is 374. The average Bonchev–Trinajstić information content (AvgIpc) is 2.12. The van der Waals surface area contributed by atoms with E-state index >= 15 is 0 Å². The number of alkyl halides is 2. The molecule has 0 radical (unpaired) electrons. The van der Waals surface area contributed by atoms with Crippen LogP contribution in [0.3, 0.4) is 0 Å². The lowest BCUT2D eigenvalue weighted by Gasteiger charge is -2.10. The summed E-state index contributed by atoms with van der Waals surface area (Å²) in [5.74, 6) is 0. The topological polar surface area (TPSA) is 48.0 Å². The second kappa shape index (κ2) is 4.32.